The van der Waals surface area contributed by atoms with Gasteiger partial charge in [-0.3, -0.25) is 9.52 Å². The topological polar surface area (TPSA) is 84.5 Å². The largest absolute Gasteiger partial charge is 0.484 e. The van der Waals surface area contributed by atoms with Crippen LogP contribution in [0.3, 0.4) is 0 Å². The lowest BCUT2D eigenvalue weighted by Crippen LogP contribution is -2.31. The Morgan fingerprint density at radius 1 is 1.06 bits per heavy atom. The summed E-state index contributed by atoms with van der Waals surface area (Å²) in [6.07, 6.45) is 0. The maximum absolute atomic E-state index is 13.0. The Hall–Kier alpha value is -2.91. The average Bonchev–Trinajstić information content (AvgIpc) is 2.74. The number of sulfonamides is 1. The number of hydrogen-bond donors (Lipinski definition) is 2. The smallest absolute Gasteiger partial charge is 0.261 e. The molecule has 0 spiro atoms. The van der Waals surface area contributed by atoms with E-state index in [0.29, 0.717) is 5.75 Å². The maximum atomic E-state index is 13.0. The van der Waals surface area contributed by atoms with Gasteiger partial charge in [-0.15, -0.1) is 0 Å². The quantitative estimate of drug-likeness (QED) is 0.465. The first-order valence-electron chi connectivity index (χ1n) is 9.29. The SMILES string of the molecule is C[C@H](NC(=O)COc1ccc(S(=O)(=O)Nc2ccc(F)cc2)cc1)c1cccc(Br)c1. The van der Waals surface area contributed by atoms with Gasteiger partial charge in [-0.25, -0.2) is 12.8 Å². The van der Waals surface area contributed by atoms with Crippen LogP contribution in [0.5, 0.6) is 5.75 Å². The van der Waals surface area contributed by atoms with E-state index in [1.54, 1.807) is 0 Å². The molecule has 0 saturated carbocycles. The first-order valence-corrected chi connectivity index (χ1v) is 11.6. The summed E-state index contributed by atoms with van der Waals surface area (Å²) >= 11 is 3.40. The van der Waals surface area contributed by atoms with Crippen molar-refractivity contribution in [3.63, 3.8) is 0 Å². The van der Waals surface area contributed by atoms with Gasteiger partial charge >= 0.3 is 0 Å². The molecule has 0 radical (unpaired) electrons. The number of ether oxygens (including phenoxy) is 1. The van der Waals surface area contributed by atoms with Gasteiger partial charge in [0, 0.05) is 10.2 Å². The van der Waals surface area contributed by atoms with Gasteiger partial charge in [-0.2, -0.15) is 0 Å². The second-order valence-corrected chi connectivity index (χ2v) is 9.31. The summed E-state index contributed by atoms with van der Waals surface area (Å²) in [7, 11) is -3.84. The second kappa shape index (κ2) is 9.93. The van der Waals surface area contributed by atoms with Crippen LogP contribution in [0.25, 0.3) is 0 Å². The third-order valence-corrected chi connectivity index (χ3v) is 6.22. The summed E-state index contributed by atoms with van der Waals surface area (Å²) in [5, 5.41) is 2.84. The maximum Gasteiger partial charge on any atom is 0.261 e. The van der Waals surface area contributed by atoms with E-state index >= 15 is 0 Å². The van der Waals surface area contributed by atoms with E-state index in [1.807, 2.05) is 31.2 Å². The van der Waals surface area contributed by atoms with Crippen LogP contribution in [0.15, 0.2) is 82.2 Å². The van der Waals surface area contributed by atoms with E-state index in [2.05, 4.69) is 26.0 Å². The van der Waals surface area contributed by atoms with Crippen LogP contribution < -0.4 is 14.8 Å². The molecule has 0 bridgehead atoms. The molecule has 0 unspecified atom stereocenters. The molecule has 0 fully saturated rings. The van der Waals surface area contributed by atoms with Crippen LogP contribution in [0, 0.1) is 5.82 Å². The molecule has 0 aliphatic heterocycles. The fourth-order valence-electron chi connectivity index (χ4n) is 2.74. The van der Waals surface area contributed by atoms with Crippen molar-refractivity contribution in [2.75, 3.05) is 11.3 Å². The minimum atomic E-state index is -3.84. The number of nitrogens with one attached hydrogen (secondary N) is 2. The number of amides is 1. The van der Waals surface area contributed by atoms with Crippen LogP contribution in [-0.4, -0.2) is 20.9 Å². The van der Waals surface area contributed by atoms with Crippen molar-refractivity contribution >= 4 is 37.5 Å². The van der Waals surface area contributed by atoms with Crippen molar-refractivity contribution in [1.82, 2.24) is 5.32 Å². The summed E-state index contributed by atoms with van der Waals surface area (Å²) < 4.78 is 46.6. The lowest BCUT2D eigenvalue weighted by molar-refractivity contribution is -0.123. The summed E-state index contributed by atoms with van der Waals surface area (Å²) in [6.45, 7) is 1.66. The lowest BCUT2D eigenvalue weighted by Gasteiger charge is -2.15. The monoisotopic (exact) mass is 506 g/mol. The summed E-state index contributed by atoms with van der Waals surface area (Å²) in [4.78, 5) is 12.2. The van der Waals surface area contributed by atoms with Crippen molar-refractivity contribution in [3.8, 4) is 5.75 Å². The molecule has 3 aromatic carbocycles. The molecule has 3 aromatic rings. The fourth-order valence-corrected chi connectivity index (χ4v) is 4.21. The van der Waals surface area contributed by atoms with Crippen molar-refractivity contribution < 1.29 is 22.3 Å². The van der Waals surface area contributed by atoms with Crippen LogP contribution in [-0.2, 0) is 14.8 Å². The van der Waals surface area contributed by atoms with E-state index in [4.69, 9.17) is 4.74 Å². The number of carbonyl (C=O) groups excluding carboxylic acids is 1. The van der Waals surface area contributed by atoms with E-state index in [-0.39, 0.29) is 29.1 Å². The van der Waals surface area contributed by atoms with Crippen molar-refractivity contribution in [2.45, 2.75) is 17.9 Å². The Bertz CT molecular complexity index is 1150. The van der Waals surface area contributed by atoms with Gasteiger partial charge in [0.25, 0.3) is 15.9 Å². The molecule has 0 aliphatic rings. The molecule has 31 heavy (non-hydrogen) atoms. The van der Waals surface area contributed by atoms with Gasteiger partial charge in [0.05, 0.1) is 10.9 Å². The molecule has 3 rings (SSSR count). The molecule has 1 atom stereocenters. The average molecular weight is 507 g/mol. The Morgan fingerprint density at radius 2 is 1.74 bits per heavy atom. The Kier molecular flexibility index (Phi) is 7.29. The summed E-state index contributed by atoms with van der Waals surface area (Å²) in [6, 6.07) is 18.1. The zero-order valence-corrected chi connectivity index (χ0v) is 18.9. The van der Waals surface area contributed by atoms with Crippen LogP contribution in [0.4, 0.5) is 10.1 Å². The molecule has 2 N–H and O–H groups in total. The zero-order valence-electron chi connectivity index (χ0n) is 16.5. The lowest BCUT2D eigenvalue weighted by atomic mass is 10.1. The van der Waals surface area contributed by atoms with Crippen molar-refractivity contribution in [3.05, 3.63) is 88.6 Å². The number of hydrogen-bond acceptors (Lipinski definition) is 4. The first-order chi connectivity index (χ1) is 14.7. The highest BCUT2D eigenvalue weighted by Gasteiger charge is 2.15. The van der Waals surface area contributed by atoms with Crippen LogP contribution >= 0.6 is 15.9 Å². The van der Waals surface area contributed by atoms with Gasteiger partial charge in [0.15, 0.2) is 6.61 Å². The summed E-state index contributed by atoms with van der Waals surface area (Å²) in [5.74, 6) is -0.410. The highest BCUT2D eigenvalue weighted by Crippen LogP contribution is 2.20. The second-order valence-electron chi connectivity index (χ2n) is 6.72. The van der Waals surface area contributed by atoms with E-state index < -0.39 is 15.8 Å². The first kappa shape index (κ1) is 22.8. The van der Waals surface area contributed by atoms with E-state index in [1.165, 1.54) is 36.4 Å². The van der Waals surface area contributed by atoms with Gasteiger partial charge in [-0.1, -0.05) is 28.1 Å². The Morgan fingerprint density at radius 3 is 2.39 bits per heavy atom. The highest BCUT2D eigenvalue weighted by atomic mass is 79.9. The third-order valence-electron chi connectivity index (χ3n) is 4.33. The molecule has 0 saturated heterocycles. The Labute approximate surface area is 188 Å². The van der Waals surface area contributed by atoms with Gasteiger partial charge in [0.1, 0.15) is 11.6 Å². The standard InChI is InChI=1S/C22H20BrFN2O4S/c1-15(16-3-2-4-17(23)13-16)25-22(27)14-30-20-9-11-21(12-10-20)31(28,29)26-19-7-5-18(24)6-8-19/h2-13,15,26H,14H2,1H3,(H,25,27)/t15-/m0/s1. The van der Waals surface area contributed by atoms with E-state index in [9.17, 15) is 17.6 Å². The molecular weight excluding hydrogens is 487 g/mol. The highest BCUT2D eigenvalue weighted by molar-refractivity contribution is 9.10. The molecule has 1 amide bonds. The number of rotatable bonds is 8. The molecular formula is C22H20BrFN2O4S. The van der Waals surface area contributed by atoms with Crippen LogP contribution in [0.1, 0.15) is 18.5 Å². The fraction of sp³-hybridized carbons (Fsp3) is 0.136. The van der Waals surface area contributed by atoms with Crippen LogP contribution in [0.2, 0.25) is 0 Å². The van der Waals surface area contributed by atoms with Gasteiger partial charge in [-0.05, 0) is 73.2 Å². The predicted octanol–water partition coefficient (Wildman–Crippen LogP) is 4.65. The number of carbonyl (C=O) groups is 1. The number of benzene rings is 3. The molecule has 162 valence electrons. The predicted molar refractivity (Wildman–Crippen MR) is 120 cm³/mol. The number of halogens is 2. The van der Waals surface area contributed by atoms with Gasteiger partial charge in [0.2, 0.25) is 0 Å². The molecule has 9 heteroatoms. The van der Waals surface area contributed by atoms with Crippen molar-refractivity contribution in [2.24, 2.45) is 0 Å². The van der Waals surface area contributed by atoms with Gasteiger partial charge < -0.3 is 10.1 Å². The van der Waals surface area contributed by atoms with Crippen molar-refractivity contribution in [1.29, 1.82) is 0 Å². The molecule has 0 heterocycles. The normalized spacial score (nSPS) is 12.1. The minimum Gasteiger partial charge on any atom is -0.484 e. The minimum absolute atomic E-state index is 0.0110. The third kappa shape index (κ3) is 6.53. The Balaban J connectivity index is 1.55. The molecule has 6 nitrogen and oxygen atoms in total. The molecule has 0 aliphatic carbocycles. The molecule has 0 aromatic heterocycles. The summed E-state index contributed by atoms with van der Waals surface area (Å²) in [5.41, 5.74) is 1.20. The zero-order chi connectivity index (χ0) is 22.4. The number of anilines is 1. The van der Waals surface area contributed by atoms with E-state index in [0.717, 1.165) is 22.2 Å².